The second-order valence-electron chi connectivity index (χ2n) is 6.75. The van der Waals surface area contributed by atoms with Crippen LogP contribution in [0.15, 0.2) is 64.0 Å². The van der Waals surface area contributed by atoms with Crippen molar-refractivity contribution in [1.29, 1.82) is 0 Å². The smallest absolute Gasteiger partial charge is 0.333 e. The van der Waals surface area contributed by atoms with Gasteiger partial charge in [0, 0.05) is 29.5 Å². The number of sulfonamides is 1. The van der Waals surface area contributed by atoms with Crippen LogP contribution in [0, 0.1) is 6.92 Å². The number of halogens is 1. The summed E-state index contributed by atoms with van der Waals surface area (Å²) in [6.07, 6.45) is 0. The second-order valence-corrected chi connectivity index (χ2v) is 10.4. The number of hydrogen-bond donors (Lipinski definition) is 4. The lowest BCUT2D eigenvalue weighted by Crippen LogP contribution is -2.33. The quantitative estimate of drug-likeness (QED) is 0.163. The minimum atomic E-state index is -4.06. The number of hydrogen-bond acceptors (Lipinski definition) is 8. The SMILES string of the molecule is CNc1ccc(C(=O)/C(=N/O)c2ccc(NC(=O)NS(=O)(=O)c3ccc(Cl)s3)cc2)c(C)c1. The Morgan fingerprint density at radius 1 is 1.03 bits per heavy atom. The number of Topliss-reactive ketones (excluding diaryl/α,β-unsaturated/α-hetero) is 1. The summed E-state index contributed by atoms with van der Waals surface area (Å²) in [6, 6.07) is 12.7. The standard InChI is InChI=1S/C21H19ClN4O5S2/c1-12-11-15(23-2)7-8-16(12)20(27)19(25-29)13-3-5-14(6-4-13)24-21(28)26-33(30,31)18-10-9-17(22)32-18/h3-11,23,29H,1-2H3,(H2,24,26,28)/b25-19+. The van der Waals surface area contributed by atoms with E-state index in [0.717, 1.165) is 17.0 Å². The molecule has 33 heavy (non-hydrogen) atoms. The summed E-state index contributed by atoms with van der Waals surface area (Å²) in [7, 11) is -2.30. The summed E-state index contributed by atoms with van der Waals surface area (Å²) < 4.78 is 26.5. The number of carbonyl (C=O) groups is 2. The third-order valence-corrected chi connectivity index (χ3v) is 7.59. The highest BCUT2D eigenvalue weighted by Crippen LogP contribution is 2.25. The summed E-state index contributed by atoms with van der Waals surface area (Å²) in [5.41, 5.74) is 2.31. The van der Waals surface area contributed by atoms with Crippen LogP contribution in [0.25, 0.3) is 0 Å². The molecule has 0 radical (unpaired) electrons. The van der Waals surface area contributed by atoms with Gasteiger partial charge in [-0.05, 0) is 55.0 Å². The number of amides is 2. The number of oxime groups is 1. The van der Waals surface area contributed by atoms with Crippen molar-refractivity contribution in [2.75, 3.05) is 17.7 Å². The maximum atomic E-state index is 12.9. The number of benzene rings is 2. The van der Waals surface area contributed by atoms with E-state index < -0.39 is 21.8 Å². The zero-order chi connectivity index (χ0) is 24.2. The monoisotopic (exact) mass is 506 g/mol. The molecule has 3 rings (SSSR count). The van der Waals surface area contributed by atoms with Crippen molar-refractivity contribution in [1.82, 2.24) is 4.72 Å². The fourth-order valence-electron chi connectivity index (χ4n) is 2.92. The number of aryl methyl sites for hydroxylation is 1. The van der Waals surface area contributed by atoms with E-state index in [0.29, 0.717) is 16.7 Å². The van der Waals surface area contributed by atoms with Crippen LogP contribution in [-0.4, -0.2) is 38.2 Å². The molecule has 0 saturated heterocycles. The number of anilines is 2. The second kappa shape index (κ2) is 10.0. The normalized spacial score (nSPS) is 11.7. The zero-order valence-electron chi connectivity index (χ0n) is 17.4. The van der Waals surface area contributed by atoms with Crippen molar-refractivity contribution in [3.8, 4) is 0 Å². The molecule has 3 aromatic rings. The summed E-state index contributed by atoms with van der Waals surface area (Å²) in [5, 5.41) is 18.0. The fraction of sp³-hybridized carbons (Fsp3) is 0.0952. The van der Waals surface area contributed by atoms with Crippen molar-refractivity contribution < 1.29 is 23.2 Å². The first-order valence-electron chi connectivity index (χ1n) is 9.39. The first-order valence-corrected chi connectivity index (χ1v) is 12.1. The van der Waals surface area contributed by atoms with Gasteiger partial charge >= 0.3 is 6.03 Å². The van der Waals surface area contributed by atoms with Crippen molar-refractivity contribution >= 4 is 61.9 Å². The number of nitrogens with zero attached hydrogens (tertiary/aromatic N) is 1. The van der Waals surface area contributed by atoms with Crippen molar-refractivity contribution in [2.24, 2.45) is 5.16 Å². The molecule has 0 aliphatic heterocycles. The summed E-state index contributed by atoms with van der Waals surface area (Å²) in [6.45, 7) is 1.77. The van der Waals surface area contributed by atoms with Gasteiger partial charge in [0.2, 0.25) is 5.78 Å². The van der Waals surface area contributed by atoms with Crippen LogP contribution in [0.2, 0.25) is 4.34 Å². The molecule has 0 atom stereocenters. The molecule has 0 saturated carbocycles. The van der Waals surface area contributed by atoms with E-state index in [9.17, 15) is 23.2 Å². The minimum Gasteiger partial charge on any atom is -0.410 e. The zero-order valence-corrected chi connectivity index (χ0v) is 19.8. The number of thiophene rings is 1. The van der Waals surface area contributed by atoms with Gasteiger partial charge in [-0.1, -0.05) is 28.9 Å². The first kappa shape index (κ1) is 24.2. The number of carbonyl (C=O) groups excluding carboxylic acids is 2. The summed E-state index contributed by atoms with van der Waals surface area (Å²) in [4.78, 5) is 25.0. The fourth-order valence-corrected chi connectivity index (χ4v) is 5.31. The lowest BCUT2D eigenvalue weighted by molar-refractivity contribution is 0.106. The number of rotatable bonds is 7. The minimum absolute atomic E-state index is 0.0987. The average Bonchev–Trinajstić information content (AvgIpc) is 3.22. The molecular weight excluding hydrogens is 488 g/mol. The van der Waals surface area contributed by atoms with E-state index >= 15 is 0 Å². The Hall–Kier alpha value is -3.41. The molecule has 9 nitrogen and oxygen atoms in total. The van der Waals surface area contributed by atoms with Crippen LogP contribution in [0.5, 0.6) is 0 Å². The van der Waals surface area contributed by atoms with Crippen molar-refractivity contribution in [3.63, 3.8) is 0 Å². The number of urea groups is 1. The molecule has 12 heteroatoms. The van der Waals surface area contributed by atoms with Crippen LogP contribution in [0.3, 0.4) is 0 Å². The first-order chi connectivity index (χ1) is 15.6. The third kappa shape index (κ3) is 5.69. The Morgan fingerprint density at radius 3 is 2.24 bits per heavy atom. The van der Waals surface area contributed by atoms with E-state index in [1.807, 2.05) is 4.72 Å². The van der Waals surface area contributed by atoms with Gasteiger partial charge < -0.3 is 15.8 Å². The Bertz CT molecular complexity index is 1330. The highest BCUT2D eigenvalue weighted by molar-refractivity contribution is 7.92. The summed E-state index contributed by atoms with van der Waals surface area (Å²) in [5.74, 6) is -0.475. The highest BCUT2D eigenvalue weighted by Gasteiger charge is 2.21. The molecule has 0 spiro atoms. The molecule has 0 aliphatic rings. The molecule has 1 heterocycles. The van der Waals surface area contributed by atoms with E-state index in [2.05, 4.69) is 15.8 Å². The van der Waals surface area contributed by atoms with E-state index in [1.54, 1.807) is 32.2 Å². The van der Waals surface area contributed by atoms with Gasteiger partial charge in [0.15, 0.2) is 5.71 Å². The van der Waals surface area contributed by atoms with Crippen LogP contribution in [0.1, 0.15) is 21.5 Å². The van der Waals surface area contributed by atoms with Crippen LogP contribution < -0.4 is 15.4 Å². The lowest BCUT2D eigenvalue weighted by Gasteiger charge is -2.10. The lowest BCUT2D eigenvalue weighted by atomic mass is 9.97. The Kier molecular flexibility index (Phi) is 7.36. The molecule has 172 valence electrons. The predicted octanol–water partition coefficient (Wildman–Crippen LogP) is 4.32. The maximum Gasteiger partial charge on any atom is 0.333 e. The molecule has 4 N–H and O–H groups in total. The molecule has 2 amide bonds. The van der Waals surface area contributed by atoms with Crippen LogP contribution >= 0.6 is 22.9 Å². The molecule has 0 bridgehead atoms. The van der Waals surface area contributed by atoms with E-state index in [-0.39, 0.29) is 19.9 Å². The Balaban J connectivity index is 1.72. The van der Waals surface area contributed by atoms with Gasteiger partial charge in [0.05, 0.1) is 4.34 Å². The molecule has 2 aromatic carbocycles. The molecule has 0 fully saturated rings. The predicted molar refractivity (Wildman–Crippen MR) is 128 cm³/mol. The van der Waals surface area contributed by atoms with Gasteiger partial charge in [-0.15, -0.1) is 11.3 Å². The van der Waals surface area contributed by atoms with Gasteiger partial charge in [-0.2, -0.15) is 0 Å². The molecule has 0 aliphatic carbocycles. The molecule has 0 unspecified atom stereocenters. The van der Waals surface area contributed by atoms with Gasteiger partial charge in [-0.3, -0.25) is 4.79 Å². The average molecular weight is 507 g/mol. The number of nitrogens with one attached hydrogen (secondary N) is 3. The van der Waals surface area contributed by atoms with Gasteiger partial charge in [0.1, 0.15) is 4.21 Å². The topological polar surface area (TPSA) is 137 Å². The molecule has 1 aromatic heterocycles. The van der Waals surface area contributed by atoms with E-state index in [1.165, 1.54) is 36.4 Å². The van der Waals surface area contributed by atoms with E-state index in [4.69, 9.17) is 11.6 Å². The van der Waals surface area contributed by atoms with Crippen molar-refractivity contribution in [3.05, 3.63) is 75.6 Å². The number of ketones is 1. The van der Waals surface area contributed by atoms with Gasteiger partial charge in [0.25, 0.3) is 10.0 Å². The Morgan fingerprint density at radius 2 is 1.70 bits per heavy atom. The Labute approximate surface area is 199 Å². The maximum absolute atomic E-state index is 12.9. The van der Waals surface area contributed by atoms with Crippen LogP contribution in [-0.2, 0) is 10.0 Å². The van der Waals surface area contributed by atoms with Crippen molar-refractivity contribution in [2.45, 2.75) is 11.1 Å². The highest BCUT2D eigenvalue weighted by atomic mass is 35.5. The summed E-state index contributed by atoms with van der Waals surface area (Å²) >= 11 is 6.56. The van der Waals surface area contributed by atoms with Gasteiger partial charge in [-0.25, -0.2) is 17.9 Å². The largest absolute Gasteiger partial charge is 0.410 e. The third-order valence-electron chi connectivity index (χ3n) is 4.53. The van der Waals surface area contributed by atoms with Crippen LogP contribution in [0.4, 0.5) is 16.2 Å². The molecular formula is C21H19ClN4O5S2.